The van der Waals surface area contributed by atoms with Crippen molar-refractivity contribution in [2.75, 3.05) is 5.32 Å². The van der Waals surface area contributed by atoms with E-state index < -0.39 is 11.6 Å². The molecule has 1 N–H and O–H groups in total. The minimum absolute atomic E-state index is 0.237. The first-order valence-electron chi connectivity index (χ1n) is 4.99. The maximum Gasteiger partial charge on any atom is 0.150 e. The second-order valence-corrected chi connectivity index (χ2v) is 4.87. The van der Waals surface area contributed by atoms with Crippen LogP contribution in [0.3, 0.4) is 0 Å². The van der Waals surface area contributed by atoms with Gasteiger partial charge in [-0.25, -0.2) is 8.78 Å². The minimum Gasteiger partial charge on any atom is -0.379 e. The van der Waals surface area contributed by atoms with Crippen molar-refractivity contribution in [3.8, 4) is 0 Å². The fraction of sp³-hybridized carbons (Fsp3) is 0.455. The van der Waals surface area contributed by atoms with Gasteiger partial charge in [0.05, 0.1) is 5.69 Å². The molecular formula is C11H12BrF2N. The normalized spacial score (nSPS) is 17.6. The van der Waals surface area contributed by atoms with E-state index >= 15 is 0 Å². The minimum atomic E-state index is -0.566. The van der Waals surface area contributed by atoms with Crippen LogP contribution in [0.4, 0.5) is 14.5 Å². The average Bonchev–Trinajstić information content (AvgIpc) is 2.93. The molecule has 1 fully saturated rings. The zero-order valence-corrected chi connectivity index (χ0v) is 9.94. The maximum atomic E-state index is 13.4. The van der Waals surface area contributed by atoms with Gasteiger partial charge in [-0.3, -0.25) is 0 Å². The summed E-state index contributed by atoms with van der Waals surface area (Å²) in [4.78, 5) is 0. The Morgan fingerprint density at radius 2 is 2.07 bits per heavy atom. The molecule has 0 spiro atoms. The molecule has 1 unspecified atom stereocenters. The molecule has 0 saturated heterocycles. The SMILES string of the molecule is CC(Nc1c(F)cc(F)cc1Br)C1CC1. The summed E-state index contributed by atoms with van der Waals surface area (Å²) in [6, 6.07) is 2.40. The molecule has 82 valence electrons. The largest absolute Gasteiger partial charge is 0.379 e. The van der Waals surface area contributed by atoms with Crippen molar-refractivity contribution in [2.24, 2.45) is 5.92 Å². The molecule has 1 aromatic rings. The highest BCUT2D eigenvalue weighted by Crippen LogP contribution is 2.36. The van der Waals surface area contributed by atoms with Crippen LogP contribution in [-0.2, 0) is 0 Å². The number of rotatable bonds is 3. The smallest absolute Gasteiger partial charge is 0.150 e. The van der Waals surface area contributed by atoms with Crippen molar-refractivity contribution in [1.82, 2.24) is 0 Å². The molecule has 1 atom stereocenters. The molecule has 1 nitrogen and oxygen atoms in total. The molecule has 15 heavy (non-hydrogen) atoms. The first-order valence-corrected chi connectivity index (χ1v) is 5.78. The topological polar surface area (TPSA) is 12.0 Å². The highest BCUT2D eigenvalue weighted by molar-refractivity contribution is 9.10. The van der Waals surface area contributed by atoms with Gasteiger partial charge in [0, 0.05) is 16.6 Å². The van der Waals surface area contributed by atoms with Crippen LogP contribution < -0.4 is 5.32 Å². The molecule has 4 heteroatoms. The third-order valence-corrected chi connectivity index (χ3v) is 3.33. The number of hydrogen-bond donors (Lipinski definition) is 1. The Morgan fingerprint density at radius 3 is 2.60 bits per heavy atom. The number of hydrogen-bond acceptors (Lipinski definition) is 1. The highest BCUT2D eigenvalue weighted by Gasteiger charge is 2.28. The Balaban J connectivity index is 2.19. The summed E-state index contributed by atoms with van der Waals surface area (Å²) >= 11 is 3.15. The van der Waals surface area contributed by atoms with Crippen LogP contribution in [0.2, 0.25) is 0 Å². The number of benzene rings is 1. The van der Waals surface area contributed by atoms with Gasteiger partial charge in [0.1, 0.15) is 11.6 Å². The van der Waals surface area contributed by atoms with Crippen molar-refractivity contribution in [3.63, 3.8) is 0 Å². The van der Waals surface area contributed by atoms with Gasteiger partial charge in [0.15, 0.2) is 0 Å². The second kappa shape index (κ2) is 4.08. The fourth-order valence-electron chi connectivity index (χ4n) is 1.62. The van der Waals surface area contributed by atoms with Gasteiger partial charge in [-0.15, -0.1) is 0 Å². The van der Waals surface area contributed by atoms with Crippen molar-refractivity contribution >= 4 is 21.6 Å². The quantitative estimate of drug-likeness (QED) is 0.881. The monoisotopic (exact) mass is 275 g/mol. The van der Waals surface area contributed by atoms with Crippen LogP contribution in [0.1, 0.15) is 19.8 Å². The zero-order chi connectivity index (χ0) is 11.0. The molecule has 0 radical (unpaired) electrons. The average molecular weight is 276 g/mol. The Hall–Kier alpha value is -0.640. The van der Waals surface area contributed by atoms with E-state index in [1.807, 2.05) is 6.92 Å². The van der Waals surface area contributed by atoms with Gasteiger partial charge in [-0.05, 0) is 47.7 Å². The first kappa shape index (κ1) is 10.9. The van der Waals surface area contributed by atoms with E-state index in [1.54, 1.807) is 0 Å². The number of anilines is 1. The van der Waals surface area contributed by atoms with Crippen LogP contribution in [0, 0.1) is 17.6 Å². The molecule has 0 aromatic heterocycles. The van der Waals surface area contributed by atoms with Crippen molar-refractivity contribution in [3.05, 3.63) is 28.2 Å². The Labute approximate surface area is 96.0 Å². The highest BCUT2D eigenvalue weighted by atomic mass is 79.9. The fourth-order valence-corrected chi connectivity index (χ4v) is 2.14. The molecule has 1 aromatic carbocycles. The lowest BCUT2D eigenvalue weighted by atomic mass is 10.2. The summed E-state index contributed by atoms with van der Waals surface area (Å²) in [6.07, 6.45) is 2.38. The van der Waals surface area contributed by atoms with Crippen molar-refractivity contribution in [2.45, 2.75) is 25.8 Å². The van der Waals surface area contributed by atoms with E-state index in [4.69, 9.17) is 0 Å². The van der Waals surface area contributed by atoms with Crippen LogP contribution in [0.15, 0.2) is 16.6 Å². The Morgan fingerprint density at radius 1 is 1.40 bits per heavy atom. The van der Waals surface area contributed by atoms with Gasteiger partial charge >= 0.3 is 0 Å². The zero-order valence-electron chi connectivity index (χ0n) is 8.36. The molecule has 1 aliphatic carbocycles. The van der Waals surface area contributed by atoms with Gasteiger partial charge < -0.3 is 5.32 Å². The Kier molecular flexibility index (Phi) is 2.96. The molecule has 0 aliphatic heterocycles. The van der Waals surface area contributed by atoms with Crippen molar-refractivity contribution in [1.29, 1.82) is 0 Å². The predicted octanol–water partition coefficient (Wildman–Crippen LogP) is 3.94. The van der Waals surface area contributed by atoms with E-state index in [0.717, 1.165) is 6.07 Å². The van der Waals surface area contributed by atoms with Gasteiger partial charge in [0.25, 0.3) is 0 Å². The van der Waals surface area contributed by atoms with Gasteiger partial charge in [-0.2, -0.15) is 0 Å². The maximum absolute atomic E-state index is 13.4. The molecule has 0 bridgehead atoms. The summed E-state index contributed by atoms with van der Waals surface area (Å²) in [5, 5.41) is 3.08. The molecule has 1 saturated carbocycles. The van der Waals surface area contributed by atoms with E-state index in [1.165, 1.54) is 18.9 Å². The molecule has 0 amide bonds. The number of halogens is 3. The van der Waals surface area contributed by atoms with Crippen LogP contribution in [0.5, 0.6) is 0 Å². The molecule has 1 aliphatic rings. The van der Waals surface area contributed by atoms with Crippen LogP contribution in [-0.4, -0.2) is 6.04 Å². The third kappa shape index (κ3) is 2.48. The molecule has 2 rings (SSSR count). The summed E-state index contributed by atoms with van der Waals surface area (Å²) in [5.74, 6) is -0.486. The van der Waals surface area contributed by atoms with Crippen LogP contribution >= 0.6 is 15.9 Å². The third-order valence-electron chi connectivity index (χ3n) is 2.71. The lowest BCUT2D eigenvalue weighted by Gasteiger charge is -2.16. The van der Waals surface area contributed by atoms with E-state index in [2.05, 4.69) is 21.2 Å². The van der Waals surface area contributed by atoms with E-state index in [9.17, 15) is 8.78 Å². The van der Waals surface area contributed by atoms with Crippen LogP contribution in [0.25, 0.3) is 0 Å². The summed E-state index contributed by atoms with van der Waals surface area (Å²) in [6.45, 7) is 2.02. The molecule has 0 heterocycles. The van der Waals surface area contributed by atoms with Gasteiger partial charge in [-0.1, -0.05) is 0 Å². The summed E-state index contributed by atoms with van der Waals surface area (Å²) < 4.78 is 26.7. The summed E-state index contributed by atoms with van der Waals surface area (Å²) in [5.41, 5.74) is 0.357. The summed E-state index contributed by atoms with van der Waals surface area (Å²) in [7, 11) is 0. The lowest BCUT2D eigenvalue weighted by molar-refractivity contribution is 0.579. The van der Waals surface area contributed by atoms with E-state index in [-0.39, 0.29) is 6.04 Å². The predicted molar refractivity (Wildman–Crippen MR) is 59.9 cm³/mol. The van der Waals surface area contributed by atoms with Crippen molar-refractivity contribution < 1.29 is 8.78 Å². The van der Waals surface area contributed by atoms with Gasteiger partial charge in [0.2, 0.25) is 0 Å². The number of nitrogens with one attached hydrogen (secondary N) is 1. The molecular weight excluding hydrogens is 264 g/mol. The second-order valence-electron chi connectivity index (χ2n) is 4.01. The first-order chi connectivity index (χ1) is 7.08. The van der Waals surface area contributed by atoms with E-state index in [0.29, 0.717) is 16.1 Å². The Bertz CT molecular complexity index is 354. The standard InChI is InChI=1S/C11H12BrF2N/c1-6(7-2-3-7)15-11-9(12)4-8(13)5-10(11)14/h4-7,15H,2-3H2,1H3. The lowest BCUT2D eigenvalue weighted by Crippen LogP contribution is -2.18.